The van der Waals surface area contributed by atoms with E-state index in [-0.39, 0.29) is 61.8 Å². The zero-order valence-corrected chi connectivity index (χ0v) is 36.9. The molecule has 11 aliphatic carbocycles. The Bertz CT molecular complexity index is 1670. The first-order chi connectivity index (χ1) is 23.4. The van der Waals surface area contributed by atoms with Crippen LogP contribution in [0.3, 0.4) is 0 Å². The van der Waals surface area contributed by atoms with Crippen LogP contribution in [0.1, 0.15) is 160 Å². The van der Waals surface area contributed by atoms with Crippen molar-refractivity contribution in [2.24, 2.45) is 58.2 Å². The predicted octanol–water partition coefficient (Wildman–Crippen LogP) is 7.10. The minimum atomic E-state index is 0. The summed E-state index contributed by atoms with van der Waals surface area (Å²) in [5.41, 5.74) is 16.6. The maximum atomic E-state index is 2.83. The second-order valence-corrected chi connectivity index (χ2v) is 21.8. The van der Waals surface area contributed by atoms with Gasteiger partial charge in [-0.15, -0.1) is 0 Å². The van der Waals surface area contributed by atoms with Crippen molar-refractivity contribution in [3.8, 4) is 11.1 Å². The summed E-state index contributed by atoms with van der Waals surface area (Å²) in [6, 6.07) is 16.5. The van der Waals surface area contributed by atoms with Gasteiger partial charge in [-0.25, -0.2) is 0 Å². The van der Waals surface area contributed by atoms with Gasteiger partial charge in [0, 0.05) is 11.3 Å². The number of hydrogen-bond donors (Lipinski definition) is 0. The van der Waals surface area contributed by atoms with Crippen LogP contribution in [0.15, 0.2) is 59.2 Å². The molecule has 0 amide bonds. The third kappa shape index (κ3) is 5.25. The summed E-state index contributed by atoms with van der Waals surface area (Å²) in [7, 11) is 0. The van der Waals surface area contributed by atoms with Gasteiger partial charge in [-0.2, -0.15) is 0 Å². The zero-order chi connectivity index (χ0) is 33.2. The Balaban J connectivity index is 0.00000129. The Kier molecular flexibility index (Phi) is 9.34. The molecule has 0 spiro atoms. The Morgan fingerprint density at radius 2 is 1.02 bits per heavy atom. The first-order valence-electron chi connectivity index (χ1n) is 21.2. The van der Waals surface area contributed by atoms with E-state index in [4.69, 9.17) is 0 Å². The van der Waals surface area contributed by atoms with E-state index in [9.17, 15) is 0 Å². The number of fused-ring (bicyclic) bond motifs is 3. The molecule has 11 aliphatic rings. The fourth-order valence-corrected chi connectivity index (χ4v) is 16.3. The number of hydrogen-bond acceptors (Lipinski definition) is 0. The van der Waals surface area contributed by atoms with Gasteiger partial charge in [0.2, 0.25) is 0 Å². The van der Waals surface area contributed by atoms with Crippen LogP contribution in [0, 0.1) is 58.2 Å². The molecule has 0 radical (unpaired) electrons. The van der Waals surface area contributed by atoms with Crippen molar-refractivity contribution in [1.29, 1.82) is 0 Å². The van der Waals surface area contributed by atoms with Crippen LogP contribution in [0.5, 0.6) is 0 Å². The van der Waals surface area contributed by atoms with Crippen LogP contribution in [-0.4, -0.2) is 0 Å². The molecule has 8 saturated carbocycles. The van der Waals surface area contributed by atoms with Crippen LogP contribution in [0.25, 0.3) is 11.1 Å². The molecule has 0 nitrogen and oxygen atoms in total. The second kappa shape index (κ2) is 12.7. The van der Waals surface area contributed by atoms with Crippen molar-refractivity contribution in [1.82, 2.24) is 0 Å². The van der Waals surface area contributed by atoms with Crippen molar-refractivity contribution >= 4 is 0 Å². The number of halogens is 2. The van der Waals surface area contributed by atoms with Gasteiger partial charge in [0.1, 0.15) is 0 Å². The molecular formula is C49H62Cl2Zr. The van der Waals surface area contributed by atoms with E-state index < -0.39 is 0 Å². The molecule has 276 valence electrons. The normalized spacial score (nSPS) is 41.3. The molecule has 52 heavy (non-hydrogen) atoms. The third-order valence-electron chi connectivity index (χ3n) is 17.6. The zero-order valence-electron chi connectivity index (χ0n) is 32.9. The van der Waals surface area contributed by atoms with E-state index in [2.05, 4.69) is 84.0 Å². The SMILES string of the molecule is CC1CC(C(C)C)(C2c3ccc(C45CC6CC(CC(C6)C4)C5)cc3-c3cc(C45CC6CC(CC(C6)C4)C5)ccc32)C2=C1CC(C(C)(C)C)=C2.[Cl-].[Cl-].[Zr+2]. The van der Waals surface area contributed by atoms with Gasteiger partial charge >= 0.3 is 26.2 Å². The Hall–Kier alpha value is -0.617. The van der Waals surface area contributed by atoms with E-state index in [0.29, 0.717) is 28.6 Å². The summed E-state index contributed by atoms with van der Waals surface area (Å²) in [5.74, 6) is 7.65. The summed E-state index contributed by atoms with van der Waals surface area (Å²) >= 11 is 0. The summed E-state index contributed by atoms with van der Waals surface area (Å²) < 4.78 is 0. The monoisotopic (exact) mass is 810 g/mol. The fraction of sp³-hybridized carbons (Fsp3) is 0.673. The third-order valence-corrected chi connectivity index (χ3v) is 17.6. The van der Waals surface area contributed by atoms with Gasteiger partial charge in [-0.3, -0.25) is 0 Å². The second-order valence-electron chi connectivity index (χ2n) is 21.8. The van der Waals surface area contributed by atoms with Crippen LogP contribution < -0.4 is 24.8 Å². The molecule has 2 atom stereocenters. The summed E-state index contributed by atoms with van der Waals surface area (Å²) in [5, 5.41) is 0. The molecule has 8 bridgehead atoms. The Labute approximate surface area is 347 Å². The van der Waals surface area contributed by atoms with Crippen molar-refractivity contribution in [3.05, 3.63) is 81.4 Å². The molecule has 2 aromatic carbocycles. The number of benzene rings is 2. The largest absolute Gasteiger partial charge is 2.00 e. The molecule has 13 rings (SSSR count). The first-order valence-corrected chi connectivity index (χ1v) is 21.2. The molecule has 0 aromatic heterocycles. The van der Waals surface area contributed by atoms with Crippen molar-refractivity contribution in [2.75, 3.05) is 0 Å². The molecule has 0 N–H and O–H groups in total. The van der Waals surface area contributed by atoms with Crippen molar-refractivity contribution < 1.29 is 51.0 Å². The average molecular weight is 813 g/mol. The van der Waals surface area contributed by atoms with Gasteiger partial charge in [0.25, 0.3) is 0 Å². The van der Waals surface area contributed by atoms with Gasteiger partial charge in [-0.1, -0.05) is 95.2 Å². The average Bonchev–Trinajstić information content (AvgIpc) is 3.70. The van der Waals surface area contributed by atoms with Gasteiger partial charge in [0.05, 0.1) is 0 Å². The predicted molar refractivity (Wildman–Crippen MR) is 204 cm³/mol. The molecule has 3 heteroatoms. The fourth-order valence-electron chi connectivity index (χ4n) is 16.3. The molecule has 0 aliphatic heterocycles. The number of rotatable bonds is 4. The summed E-state index contributed by atoms with van der Waals surface area (Å²) in [4.78, 5) is 0. The van der Waals surface area contributed by atoms with Crippen LogP contribution in [0.4, 0.5) is 0 Å². The van der Waals surface area contributed by atoms with Gasteiger partial charge < -0.3 is 24.8 Å². The smallest absolute Gasteiger partial charge is 1.00 e. The minimum absolute atomic E-state index is 0. The molecular weight excluding hydrogens is 751 g/mol. The number of allylic oxidation sites excluding steroid dienone is 4. The van der Waals surface area contributed by atoms with Crippen LogP contribution in [0.2, 0.25) is 0 Å². The molecule has 8 fully saturated rings. The van der Waals surface area contributed by atoms with Crippen LogP contribution >= 0.6 is 0 Å². The minimum Gasteiger partial charge on any atom is -1.00 e. The quantitative estimate of drug-likeness (QED) is 0.310. The Morgan fingerprint density at radius 1 is 0.615 bits per heavy atom. The van der Waals surface area contributed by atoms with Gasteiger partial charge in [0.15, 0.2) is 0 Å². The molecule has 2 aromatic rings. The van der Waals surface area contributed by atoms with E-state index >= 15 is 0 Å². The van der Waals surface area contributed by atoms with Crippen molar-refractivity contribution in [2.45, 2.75) is 148 Å². The maximum Gasteiger partial charge on any atom is 2.00 e. The van der Waals surface area contributed by atoms with E-state index in [1.807, 2.05) is 0 Å². The first kappa shape index (κ1) is 38.3. The molecule has 0 saturated heterocycles. The maximum absolute atomic E-state index is 2.83. The van der Waals surface area contributed by atoms with Crippen molar-refractivity contribution in [3.63, 3.8) is 0 Å². The molecule has 0 heterocycles. The van der Waals surface area contributed by atoms with E-state index in [0.717, 1.165) is 35.5 Å². The van der Waals surface area contributed by atoms with E-state index in [1.165, 1.54) is 89.9 Å². The van der Waals surface area contributed by atoms with Crippen LogP contribution in [-0.2, 0) is 37.0 Å². The van der Waals surface area contributed by atoms with E-state index in [1.54, 1.807) is 50.1 Å². The topological polar surface area (TPSA) is 0 Å². The Morgan fingerprint density at radius 3 is 1.38 bits per heavy atom. The summed E-state index contributed by atoms with van der Waals surface area (Å²) in [6.45, 7) is 15.1. The standard InChI is InChI=1S/C49H62.2ClH.Zr/c1-28(2)49(21-29(3)41-19-38(20-44(41)49)46(4,5)6)45-39-9-7-36(47-22-30-11-31(23-47)13-32(12-30)24-47)17-42(39)43-18-37(8-10-40(43)45)48-25-33-14-34(26-48)16-35(15-33)27-48;;;/h7-10,17-18,20,28-35,45H,11-16,19,21-27H2,1-6H3;2*1H;/q;;;+2/p-2. The summed E-state index contributed by atoms with van der Waals surface area (Å²) in [6.07, 6.45) is 23.2. The van der Waals surface area contributed by atoms with Gasteiger partial charge in [-0.05, 0) is 192 Å². The molecule has 2 unspecified atom stereocenters.